The van der Waals surface area contributed by atoms with Crippen LogP contribution in [-0.4, -0.2) is 20.2 Å². The summed E-state index contributed by atoms with van der Waals surface area (Å²) in [5.74, 6) is 1.62. The fourth-order valence-electron chi connectivity index (χ4n) is 1.66. The zero-order chi connectivity index (χ0) is 12.7. The van der Waals surface area contributed by atoms with Crippen LogP contribution < -0.4 is 10.1 Å². The molecule has 0 aliphatic rings. The van der Waals surface area contributed by atoms with Crippen molar-refractivity contribution in [3.05, 3.63) is 35.4 Å². The highest BCUT2D eigenvalue weighted by Crippen LogP contribution is 2.19. The fourth-order valence-corrected chi connectivity index (χ4v) is 1.66. The summed E-state index contributed by atoms with van der Waals surface area (Å²) in [4.78, 5) is 0. The lowest BCUT2D eigenvalue weighted by Gasteiger charge is -2.09. The highest BCUT2D eigenvalue weighted by Gasteiger charge is 1.99. The molecule has 0 aliphatic heterocycles. The average Bonchev–Trinajstić information content (AvgIpc) is 2.29. The first kappa shape index (κ1) is 13.8. The molecule has 0 amide bonds. The normalized spacial score (nSPS) is 11.9. The lowest BCUT2D eigenvalue weighted by molar-refractivity contribution is 0.414. The Hall–Kier alpha value is -1.28. The van der Waals surface area contributed by atoms with E-state index in [1.54, 1.807) is 7.11 Å². The lowest BCUT2D eigenvalue weighted by Crippen LogP contribution is -2.21. The molecular formula is C15H23NO. The second-order valence-corrected chi connectivity index (χ2v) is 4.76. The topological polar surface area (TPSA) is 21.3 Å². The molecule has 0 aromatic heterocycles. The summed E-state index contributed by atoms with van der Waals surface area (Å²) in [6.07, 6.45) is 2.17. The van der Waals surface area contributed by atoms with E-state index < -0.39 is 0 Å². The number of ether oxygens (including phenoxy) is 1. The van der Waals surface area contributed by atoms with Gasteiger partial charge in [0.1, 0.15) is 5.75 Å². The predicted molar refractivity (Wildman–Crippen MR) is 74.4 cm³/mol. The fraction of sp³-hybridized carbons (Fsp3) is 0.467. The van der Waals surface area contributed by atoms with E-state index in [0.717, 1.165) is 24.4 Å². The number of rotatable bonds is 6. The molecule has 2 heteroatoms. The van der Waals surface area contributed by atoms with E-state index in [2.05, 4.69) is 38.2 Å². The second kappa shape index (κ2) is 7.13. The van der Waals surface area contributed by atoms with Gasteiger partial charge in [-0.2, -0.15) is 0 Å². The van der Waals surface area contributed by atoms with E-state index in [-0.39, 0.29) is 0 Å². The molecule has 0 saturated heterocycles. The Morgan fingerprint density at radius 1 is 1.35 bits per heavy atom. The van der Waals surface area contributed by atoms with E-state index in [0.29, 0.717) is 5.92 Å². The van der Waals surface area contributed by atoms with Crippen molar-refractivity contribution in [3.63, 3.8) is 0 Å². The highest BCUT2D eigenvalue weighted by atomic mass is 16.5. The maximum Gasteiger partial charge on any atom is 0.126 e. The van der Waals surface area contributed by atoms with E-state index in [1.165, 1.54) is 5.57 Å². The second-order valence-electron chi connectivity index (χ2n) is 4.76. The van der Waals surface area contributed by atoms with Gasteiger partial charge in [-0.25, -0.2) is 0 Å². The van der Waals surface area contributed by atoms with E-state index in [9.17, 15) is 0 Å². The molecule has 0 atom stereocenters. The molecule has 0 radical (unpaired) electrons. The van der Waals surface area contributed by atoms with Crippen LogP contribution in [0.2, 0.25) is 0 Å². The van der Waals surface area contributed by atoms with Gasteiger partial charge >= 0.3 is 0 Å². The van der Waals surface area contributed by atoms with Gasteiger partial charge in [0, 0.05) is 12.1 Å². The number of nitrogens with one attached hydrogen (secondary N) is 1. The Kier molecular flexibility index (Phi) is 5.78. The van der Waals surface area contributed by atoms with Crippen LogP contribution in [0.4, 0.5) is 0 Å². The minimum Gasteiger partial charge on any atom is -0.496 e. The first-order valence-electron chi connectivity index (χ1n) is 6.14. The number of para-hydroxylation sites is 1. The Balaban J connectivity index is 2.60. The van der Waals surface area contributed by atoms with Gasteiger partial charge in [0.05, 0.1) is 7.11 Å². The molecule has 0 fully saturated rings. The Bertz CT molecular complexity index is 369. The van der Waals surface area contributed by atoms with Crippen molar-refractivity contribution in [2.45, 2.75) is 20.8 Å². The van der Waals surface area contributed by atoms with Crippen LogP contribution in [0.3, 0.4) is 0 Å². The summed E-state index contributed by atoms with van der Waals surface area (Å²) in [5, 5.41) is 3.43. The Morgan fingerprint density at radius 3 is 2.71 bits per heavy atom. The Morgan fingerprint density at radius 2 is 2.06 bits per heavy atom. The van der Waals surface area contributed by atoms with Crippen LogP contribution in [0.1, 0.15) is 26.3 Å². The molecule has 2 nitrogen and oxygen atoms in total. The van der Waals surface area contributed by atoms with Gasteiger partial charge in [0.25, 0.3) is 0 Å². The lowest BCUT2D eigenvalue weighted by atomic mass is 10.1. The maximum absolute atomic E-state index is 5.32. The molecule has 94 valence electrons. The first-order valence-corrected chi connectivity index (χ1v) is 6.14. The summed E-state index contributed by atoms with van der Waals surface area (Å²) in [6.45, 7) is 8.55. The minimum atomic E-state index is 0.689. The number of hydrogen-bond donors (Lipinski definition) is 1. The third kappa shape index (κ3) is 5.05. The molecule has 0 spiro atoms. The van der Waals surface area contributed by atoms with Crippen molar-refractivity contribution in [3.8, 4) is 5.75 Å². The molecule has 1 aromatic rings. The summed E-state index contributed by atoms with van der Waals surface area (Å²) in [7, 11) is 1.71. The van der Waals surface area contributed by atoms with Crippen LogP contribution in [0, 0.1) is 5.92 Å². The van der Waals surface area contributed by atoms with Gasteiger partial charge in [-0.1, -0.05) is 43.7 Å². The quantitative estimate of drug-likeness (QED) is 0.813. The summed E-state index contributed by atoms with van der Waals surface area (Å²) >= 11 is 0. The average molecular weight is 233 g/mol. The van der Waals surface area contributed by atoms with Gasteiger partial charge in [-0.05, 0) is 25.5 Å². The molecular weight excluding hydrogens is 210 g/mol. The van der Waals surface area contributed by atoms with Gasteiger partial charge in [-0.15, -0.1) is 0 Å². The maximum atomic E-state index is 5.32. The third-order valence-corrected chi connectivity index (χ3v) is 2.50. The molecule has 0 unspecified atom stereocenters. The van der Waals surface area contributed by atoms with Gasteiger partial charge in [0.15, 0.2) is 0 Å². The van der Waals surface area contributed by atoms with Gasteiger partial charge < -0.3 is 10.1 Å². The van der Waals surface area contributed by atoms with Crippen LogP contribution in [0.15, 0.2) is 29.8 Å². The Labute approximate surface area is 105 Å². The minimum absolute atomic E-state index is 0.689. The zero-order valence-corrected chi connectivity index (χ0v) is 11.3. The number of hydrogen-bond acceptors (Lipinski definition) is 2. The van der Waals surface area contributed by atoms with Crippen molar-refractivity contribution in [1.82, 2.24) is 5.32 Å². The molecule has 0 aliphatic carbocycles. The summed E-state index contributed by atoms with van der Waals surface area (Å²) in [5.41, 5.74) is 2.45. The third-order valence-electron chi connectivity index (χ3n) is 2.50. The molecule has 0 saturated carbocycles. The van der Waals surface area contributed by atoms with Crippen LogP contribution in [0.5, 0.6) is 5.75 Å². The van der Waals surface area contributed by atoms with Crippen LogP contribution in [-0.2, 0) is 0 Å². The monoisotopic (exact) mass is 233 g/mol. The van der Waals surface area contributed by atoms with E-state index >= 15 is 0 Å². The SMILES string of the molecule is COc1ccccc1C=C(C)CNCC(C)C. The van der Waals surface area contributed by atoms with Gasteiger partial charge in [-0.3, -0.25) is 0 Å². The van der Waals surface area contributed by atoms with Crippen molar-refractivity contribution in [1.29, 1.82) is 0 Å². The largest absolute Gasteiger partial charge is 0.496 e. The van der Waals surface area contributed by atoms with Crippen molar-refractivity contribution < 1.29 is 4.74 Å². The molecule has 0 heterocycles. The smallest absolute Gasteiger partial charge is 0.126 e. The van der Waals surface area contributed by atoms with Crippen molar-refractivity contribution in [2.24, 2.45) is 5.92 Å². The van der Waals surface area contributed by atoms with E-state index in [4.69, 9.17) is 4.74 Å². The zero-order valence-electron chi connectivity index (χ0n) is 11.3. The predicted octanol–water partition coefficient (Wildman–Crippen LogP) is 3.34. The van der Waals surface area contributed by atoms with Crippen LogP contribution >= 0.6 is 0 Å². The number of benzene rings is 1. The van der Waals surface area contributed by atoms with Crippen LogP contribution in [0.25, 0.3) is 6.08 Å². The van der Waals surface area contributed by atoms with Crippen molar-refractivity contribution in [2.75, 3.05) is 20.2 Å². The molecule has 1 rings (SSSR count). The van der Waals surface area contributed by atoms with Crippen molar-refractivity contribution >= 4 is 6.08 Å². The highest BCUT2D eigenvalue weighted by molar-refractivity contribution is 5.59. The molecule has 0 bridgehead atoms. The molecule has 1 aromatic carbocycles. The summed E-state index contributed by atoms with van der Waals surface area (Å²) in [6, 6.07) is 8.08. The van der Waals surface area contributed by atoms with Gasteiger partial charge in [0.2, 0.25) is 0 Å². The van der Waals surface area contributed by atoms with E-state index in [1.807, 2.05) is 18.2 Å². The standard InChI is InChI=1S/C15H23NO/c1-12(2)10-16-11-13(3)9-14-7-5-6-8-15(14)17-4/h5-9,12,16H,10-11H2,1-4H3. The number of methoxy groups -OCH3 is 1. The molecule has 1 N–H and O–H groups in total. The molecule has 17 heavy (non-hydrogen) atoms. The first-order chi connectivity index (χ1) is 8.13. The summed E-state index contributed by atoms with van der Waals surface area (Å²) < 4.78 is 5.32.